The molecule has 0 aliphatic rings. The van der Waals surface area contributed by atoms with Crippen LogP contribution in [0.2, 0.25) is 0 Å². The van der Waals surface area contributed by atoms with E-state index in [9.17, 15) is 5.11 Å². The summed E-state index contributed by atoms with van der Waals surface area (Å²) in [6.07, 6.45) is 1.05. The van der Waals surface area contributed by atoms with Gasteiger partial charge in [-0.15, -0.1) is 0 Å². The number of aliphatic hydroxyl groups excluding tert-OH is 1. The van der Waals surface area contributed by atoms with Crippen molar-refractivity contribution in [3.63, 3.8) is 0 Å². The highest BCUT2D eigenvalue weighted by Crippen LogP contribution is 2.25. The van der Waals surface area contributed by atoms with Gasteiger partial charge in [0.1, 0.15) is 5.75 Å². The second-order valence-corrected chi connectivity index (χ2v) is 3.27. The van der Waals surface area contributed by atoms with Gasteiger partial charge in [0.2, 0.25) is 0 Å². The van der Waals surface area contributed by atoms with Crippen molar-refractivity contribution in [1.82, 2.24) is 4.98 Å². The summed E-state index contributed by atoms with van der Waals surface area (Å²) >= 11 is 3.27. The average molecular weight is 232 g/mol. The van der Waals surface area contributed by atoms with E-state index in [2.05, 4.69) is 20.9 Å². The van der Waals surface area contributed by atoms with Crippen LogP contribution in [0.4, 0.5) is 0 Å². The summed E-state index contributed by atoms with van der Waals surface area (Å²) in [5.74, 6) is 0.681. The summed E-state index contributed by atoms with van der Waals surface area (Å²) in [5, 5.41) is 9.20. The Bertz CT molecular complexity index is 276. The van der Waals surface area contributed by atoms with Crippen molar-refractivity contribution in [2.24, 2.45) is 0 Å². The van der Waals surface area contributed by atoms with Gasteiger partial charge >= 0.3 is 0 Å². The molecule has 1 unspecified atom stereocenters. The quantitative estimate of drug-likeness (QED) is 0.846. The maximum atomic E-state index is 9.20. The van der Waals surface area contributed by atoms with Crippen LogP contribution in [0.1, 0.15) is 18.7 Å². The highest BCUT2D eigenvalue weighted by Gasteiger charge is 2.06. The lowest BCUT2D eigenvalue weighted by molar-refractivity contribution is 0.193. The van der Waals surface area contributed by atoms with Gasteiger partial charge in [0, 0.05) is 12.3 Å². The first-order valence-corrected chi connectivity index (χ1v) is 4.32. The first-order chi connectivity index (χ1) is 5.65. The highest BCUT2D eigenvalue weighted by molar-refractivity contribution is 9.10. The molecule has 0 aromatic carbocycles. The summed E-state index contributed by atoms with van der Waals surface area (Å²) in [6, 6.07) is 1.70. The van der Waals surface area contributed by atoms with Crippen LogP contribution in [0, 0.1) is 0 Å². The standard InChI is InChI=1S/C8H10BrNO2/c1-5(11)7-3-8(12-2)6(9)4-10-7/h3-5,11H,1-2H3. The molecule has 0 radical (unpaired) electrons. The Labute approximate surface area is 79.5 Å². The molecule has 1 rings (SSSR count). The minimum Gasteiger partial charge on any atom is -0.495 e. The number of aliphatic hydroxyl groups is 1. The van der Waals surface area contributed by atoms with Gasteiger partial charge in [-0.2, -0.15) is 0 Å². The molecule has 1 aromatic rings. The van der Waals surface area contributed by atoms with Crippen LogP contribution >= 0.6 is 15.9 Å². The van der Waals surface area contributed by atoms with E-state index in [-0.39, 0.29) is 0 Å². The molecule has 0 aliphatic carbocycles. The highest BCUT2D eigenvalue weighted by atomic mass is 79.9. The third-order valence-electron chi connectivity index (χ3n) is 1.49. The molecule has 0 fully saturated rings. The molecule has 1 aromatic heterocycles. The zero-order valence-corrected chi connectivity index (χ0v) is 8.50. The molecule has 1 atom stereocenters. The number of nitrogens with zero attached hydrogens (tertiary/aromatic N) is 1. The van der Waals surface area contributed by atoms with Crippen LogP contribution in [-0.4, -0.2) is 17.2 Å². The molecule has 4 heteroatoms. The van der Waals surface area contributed by atoms with Crippen molar-refractivity contribution in [1.29, 1.82) is 0 Å². The SMILES string of the molecule is COc1cc(C(C)O)ncc1Br. The summed E-state index contributed by atoms with van der Waals surface area (Å²) in [5.41, 5.74) is 0.607. The molecule has 0 saturated heterocycles. The molecule has 0 bridgehead atoms. The third kappa shape index (κ3) is 1.95. The molecule has 66 valence electrons. The molecule has 1 N–H and O–H groups in total. The summed E-state index contributed by atoms with van der Waals surface area (Å²) in [6.45, 7) is 1.66. The molecule has 0 spiro atoms. The minimum atomic E-state index is -0.563. The number of methoxy groups -OCH3 is 1. The van der Waals surface area contributed by atoms with Gasteiger partial charge in [0.25, 0.3) is 0 Å². The normalized spacial score (nSPS) is 12.7. The molecule has 12 heavy (non-hydrogen) atoms. The van der Waals surface area contributed by atoms with E-state index in [0.29, 0.717) is 11.4 Å². The molecular weight excluding hydrogens is 222 g/mol. The molecule has 0 amide bonds. The fraction of sp³-hybridized carbons (Fsp3) is 0.375. The first-order valence-electron chi connectivity index (χ1n) is 3.52. The molecule has 0 saturated carbocycles. The van der Waals surface area contributed by atoms with Crippen molar-refractivity contribution in [2.45, 2.75) is 13.0 Å². The molecule has 3 nitrogen and oxygen atoms in total. The van der Waals surface area contributed by atoms with Gasteiger partial charge in [0.15, 0.2) is 0 Å². The van der Waals surface area contributed by atoms with Gasteiger partial charge in [0.05, 0.1) is 23.4 Å². The summed E-state index contributed by atoms with van der Waals surface area (Å²) < 4.78 is 5.82. The van der Waals surface area contributed by atoms with Crippen molar-refractivity contribution in [3.05, 3.63) is 22.4 Å². The fourth-order valence-corrected chi connectivity index (χ4v) is 1.20. The number of aromatic nitrogens is 1. The second-order valence-electron chi connectivity index (χ2n) is 2.42. The van der Waals surface area contributed by atoms with Gasteiger partial charge in [-0.1, -0.05) is 0 Å². The van der Waals surface area contributed by atoms with E-state index >= 15 is 0 Å². The maximum absolute atomic E-state index is 9.20. The summed E-state index contributed by atoms with van der Waals surface area (Å²) in [7, 11) is 1.58. The van der Waals surface area contributed by atoms with Gasteiger partial charge in [-0.05, 0) is 22.9 Å². The van der Waals surface area contributed by atoms with E-state index in [1.54, 1.807) is 26.3 Å². The lowest BCUT2D eigenvalue weighted by Gasteiger charge is -2.07. The minimum absolute atomic E-state index is 0.563. The lowest BCUT2D eigenvalue weighted by Crippen LogP contribution is -1.96. The lowest BCUT2D eigenvalue weighted by atomic mass is 10.2. The summed E-state index contributed by atoms with van der Waals surface area (Å²) in [4.78, 5) is 4.01. The smallest absolute Gasteiger partial charge is 0.136 e. The fourth-order valence-electron chi connectivity index (χ4n) is 0.820. The average Bonchev–Trinajstić information content (AvgIpc) is 2.05. The maximum Gasteiger partial charge on any atom is 0.136 e. The number of rotatable bonds is 2. The molecular formula is C8H10BrNO2. The van der Waals surface area contributed by atoms with Crippen LogP contribution in [0.25, 0.3) is 0 Å². The van der Waals surface area contributed by atoms with Crippen LogP contribution in [0.5, 0.6) is 5.75 Å². The van der Waals surface area contributed by atoms with Crippen LogP contribution in [0.15, 0.2) is 16.7 Å². The van der Waals surface area contributed by atoms with Gasteiger partial charge < -0.3 is 9.84 Å². The Morgan fingerprint density at radius 2 is 2.33 bits per heavy atom. The monoisotopic (exact) mass is 231 g/mol. The number of ether oxygens (including phenoxy) is 1. The number of hydrogen-bond acceptors (Lipinski definition) is 3. The van der Waals surface area contributed by atoms with Gasteiger partial charge in [-0.3, -0.25) is 4.98 Å². The zero-order valence-electron chi connectivity index (χ0n) is 6.91. The van der Waals surface area contributed by atoms with Crippen LogP contribution in [0.3, 0.4) is 0 Å². The van der Waals surface area contributed by atoms with E-state index in [4.69, 9.17) is 4.74 Å². The van der Waals surface area contributed by atoms with E-state index in [0.717, 1.165) is 4.47 Å². The van der Waals surface area contributed by atoms with Crippen molar-refractivity contribution < 1.29 is 9.84 Å². The Balaban J connectivity index is 3.05. The molecule has 0 aliphatic heterocycles. The third-order valence-corrected chi connectivity index (χ3v) is 2.08. The van der Waals surface area contributed by atoms with Gasteiger partial charge in [-0.25, -0.2) is 0 Å². The topological polar surface area (TPSA) is 42.4 Å². The van der Waals surface area contributed by atoms with Crippen LogP contribution < -0.4 is 4.74 Å². The first kappa shape index (κ1) is 9.48. The van der Waals surface area contributed by atoms with Crippen LogP contribution in [-0.2, 0) is 0 Å². The van der Waals surface area contributed by atoms with E-state index < -0.39 is 6.10 Å². The zero-order chi connectivity index (χ0) is 9.14. The number of halogens is 1. The van der Waals surface area contributed by atoms with E-state index in [1.807, 2.05) is 0 Å². The Kier molecular flexibility index (Phi) is 3.05. The second kappa shape index (κ2) is 3.87. The van der Waals surface area contributed by atoms with E-state index in [1.165, 1.54) is 0 Å². The Morgan fingerprint density at radius 3 is 2.83 bits per heavy atom. The largest absolute Gasteiger partial charge is 0.495 e. The predicted octanol–water partition coefficient (Wildman–Crippen LogP) is 1.91. The molecule has 1 heterocycles. The Hall–Kier alpha value is -0.610. The predicted molar refractivity (Wildman–Crippen MR) is 49.1 cm³/mol. The number of hydrogen-bond donors (Lipinski definition) is 1. The van der Waals surface area contributed by atoms with Crippen molar-refractivity contribution >= 4 is 15.9 Å². The van der Waals surface area contributed by atoms with Crippen molar-refractivity contribution in [2.75, 3.05) is 7.11 Å². The Morgan fingerprint density at radius 1 is 1.67 bits per heavy atom. The number of pyridine rings is 1. The van der Waals surface area contributed by atoms with Crippen molar-refractivity contribution in [3.8, 4) is 5.75 Å².